The van der Waals surface area contributed by atoms with Crippen molar-refractivity contribution in [2.24, 2.45) is 5.92 Å². The molecule has 1 aliphatic rings. The van der Waals surface area contributed by atoms with Crippen LogP contribution in [0, 0.1) is 5.92 Å². The lowest BCUT2D eigenvalue weighted by molar-refractivity contribution is 0.243. The SMILES string of the molecule is CCOc1ccccc1CNC1C(CCO)CNC1c1ccccc1. The lowest BCUT2D eigenvalue weighted by Gasteiger charge is -2.26. The van der Waals surface area contributed by atoms with Crippen LogP contribution < -0.4 is 15.4 Å². The van der Waals surface area contributed by atoms with Gasteiger partial charge >= 0.3 is 0 Å². The minimum absolute atomic E-state index is 0.224. The van der Waals surface area contributed by atoms with Gasteiger partial charge in [0.1, 0.15) is 5.75 Å². The maximum absolute atomic E-state index is 9.43. The van der Waals surface area contributed by atoms with Gasteiger partial charge in [-0.1, -0.05) is 48.5 Å². The van der Waals surface area contributed by atoms with E-state index in [0.29, 0.717) is 12.5 Å². The quantitative estimate of drug-likeness (QED) is 0.692. The maximum atomic E-state index is 9.43. The number of aliphatic hydroxyl groups is 1. The van der Waals surface area contributed by atoms with E-state index in [1.165, 1.54) is 11.1 Å². The van der Waals surface area contributed by atoms with Gasteiger partial charge in [0, 0.05) is 37.3 Å². The van der Waals surface area contributed by atoms with Gasteiger partial charge in [0.15, 0.2) is 0 Å². The maximum Gasteiger partial charge on any atom is 0.123 e. The van der Waals surface area contributed by atoms with E-state index in [0.717, 1.165) is 25.3 Å². The zero-order valence-electron chi connectivity index (χ0n) is 14.8. The van der Waals surface area contributed by atoms with Crippen molar-refractivity contribution in [2.75, 3.05) is 19.8 Å². The smallest absolute Gasteiger partial charge is 0.123 e. The van der Waals surface area contributed by atoms with Crippen LogP contribution in [0.1, 0.15) is 30.5 Å². The van der Waals surface area contributed by atoms with Crippen LogP contribution in [-0.2, 0) is 6.54 Å². The second kappa shape index (κ2) is 8.99. The molecule has 25 heavy (non-hydrogen) atoms. The first-order chi connectivity index (χ1) is 12.3. The van der Waals surface area contributed by atoms with E-state index in [1.807, 2.05) is 31.2 Å². The summed E-state index contributed by atoms with van der Waals surface area (Å²) in [4.78, 5) is 0. The van der Waals surface area contributed by atoms with E-state index in [9.17, 15) is 5.11 Å². The molecule has 0 radical (unpaired) electrons. The Morgan fingerprint density at radius 1 is 1.12 bits per heavy atom. The van der Waals surface area contributed by atoms with Gasteiger partial charge in [-0.3, -0.25) is 0 Å². The average molecular weight is 340 g/mol. The molecule has 3 N–H and O–H groups in total. The van der Waals surface area contributed by atoms with Crippen LogP contribution in [0.2, 0.25) is 0 Å². The molecule has 1 aliphatic heterocycles. The molecule has 0 spiro atoms. The summed E-state index contributed by atoms with van der Waals surface area (Å²) < 4.78 is 5.74. The number of rotatable bonds is 8. The molecule has 0 aliphatic carbocycles. The molecule has 0 saturated carbocycles. The molecule has 1 heterocycles. The largest absolute Gasteiger partial charge is 0.494 e. The van der Waals surface area contributed by atoms with Crippen molar-refractivity contribution >= 4 is 0 Å². The first-order valence-electron chi connectivity index (χ1n) is 9.16. The highest BCUT2D eigenvalue weighted by atomic mass is 16.5. The minimum atomic E-state index is 0.224. The Hall–Kier alpha value is -1.88. The van der Waals surface area contributed by atoms with E-state index >= 15 is 0 Å². The van der Waals surface area contributed by atoms with Crippen molar-refractivity contribution in [3.8, 4) is 5.75 Å². The molecule has 2 aromatic carbocycles. The Morgan fingerprint density at radius 3 is 2.64 bits per heavy atom. The molecule has 3 atom stereocenters. The Labute approximate surface area is 150 Å². The third kappa shape index (κ3) is 4.40. The lowest BCUT2D eigenvalue weighted by Crippen LogP contribution is -2.38. The Balaban J connectivity index is 1.74. The van der Waals surface area contributed by atoms with Crippen molar-refractivity contribution < 1.29 is 9.84 Å². The third-order valence-corrected chi connectivity index (χ3v) is 4.93. The number of hydrogen-bond donors (Lipinski definition) is 3. The summed E-state index contributed by atoms with van der Waals surface area (Å²) in [5, 5.41) is 16.8. The summed E-state index contributed by atoms with van der Waals surface area (Å²) >= 11 is 0. The second-order valence-electron chi connectivity index (χ2n) is 6.52. The van der Waals surface area contributed by atoms with Crippen LogP contribution in [-0.4, -0.2) is 30.9 Å². The number of nitrogens with one attached hydrogen (secondary N) is 2. The van der Waals surface area contributed by atoms with Crippen molar-refractivity contribution in [1.29, 1.82) is 0 Å². The third-order valence-electron chi connectivity index (χ3n) is 4.93. The Bertz CT molecular complexity index is 647. The average Bonchev–Trinajstić information content (AvgIpc) is 3.05. The van der Waals surface area contributed by atoms with Crippen molar-refractivity contribution in [3.63, 3.8) is 0 Å². The first kappa shape index (κ1) is 17.9. The van der Waals surface area contributed by atoms with Gasteiger partial charge in [-0.05, 0) is 30.9 Å². The summed E-state index contributed by atoms with van der Waals surface area (Å²) in [7, 11) is 0. The van der Waals surface area contributed by atoms with Gasteiger partial charge in [-0.15, -0.1) is 0 Å². The molecule has 0 aromatic heterocycles. The molecule has 2 aromatic rings. The fourth-order valence-electron chi connectivity index (χ4n) is 3.70. The predicted molar refractivity (Wildman–Crippen MR) is 101 cm³/mol. The van der Waals surface area contributed by atoms with Crippen molar-refractivity contribution in [2.45, 2.75) is 32.0 Å². The number of hydrogen-bond acceptors (Lipinski definition) is 4. The van der Waals surface area contributed by atoms with E-state index in [2.05, 4.69) is 41.0 Å². The number of ether oxygens (including phenoxy) is 1. The van der Waals surface area contributed by atoms with Crippen LogP contribution in [0.4, 0.5) is 0 Å². The Kier molecular flexibility index (Phi) is 6.45. The molecular weight excluding hydrogens is 312 g/mol. The van der Waals surface area contributed by atoms with E-state index in [1.54, 1.807) is 0 Å². The van der Waals surface area contributed by atoms with Gasteiger partial charge in [0.25, 0.3) is 0 Å². The highest BCUT2D eigenvalue weighted by molar-refractivity contribution is 5.33. The standard InChI is InChI=1S/C21H28N2O2/c1-2-25-19-11-7-6-10-17(19)14-22-21-18(12-13-24)15-23-20(21)16-8-4-3-5-9-16/h3-11,18,20-24H,2,12-15H2,1H3. The fourth-order valence-corrected chi connectivity index (χ4v) is 3.70. The summed E-state index contributed by atoms with van der Waals surface area (Å²) in [5.74, 6) is 1.35. The molecule has 3 rings (SSSR count). The summed E-state index contributed by atoms with van der Waals surface area (Å²) in [6, 6.07) is 19.3. The van der Waals surface area contributed by atoms with Crippen LogP contribution in [0.25, 0.3) is 0 Å². The number of para-hydroxylation sites is 1. The molecule has 3 unspecified atom stereocenters. The number of benzene rings is 2. The monoisotopic (exact) mass is 340 g/mol. The summed E-state index contributed by atoms with van der Waals surface area (Å²) in [6.07, 6.45) is 0.807. The van der Waals surface area contributed by atoms with E-state index in [4.69, 9.17) is 4.74 Å². The topological polar surface area (TPSA) is 53.5 Å². The summed E-state index contributed by atoms with van der Waals surface area (Å²) in [6.45, 7) is 4.58. The van der Waals surface area contributed by atoms with Gasteiger partial charge in [-0.2, -0.15) is 0 Å². The molecule has 0 amide bonds. The molecule has 1 saturated heterocycles. The minimum Gasteiger partial charge on any atom is -0.494 e. The van der Waals surface area contributed by atoms with Crippen molar-refractivity contribution in [3.05, 3.63) is 65.7 Å². The van der Waals surface area contributed by atoms with Gasteiger partial charge in [0.2, 0.25) is 0 Å². The van der Waals surface area contributed by atoms with Crippen LogP contribution in [0.3, 0.4) is 0 Å². The second-order valence-corrected chi connectivity index (χ2v) is 6.52. The molecule has 4 heteroatoms. The normalized spacial score (nSPS) is 22.9. The zero-order chi connectivity index (χ0) is 17.5. The zero-order valence-corrected chi connectivity index (χ0v) is 14.8. The van der Waals surface area contributed by atoms with Gasteiger partial charge in [0.05, 0.1) is 6.61 Å². The molecule has 4 nitrogen and oxygen atoms in total. The molecular formula is C21H28N2O2. The number of aliphatic hydroxyl groups excluding tert-OH is 1. The van der Waals surface area contributed by atoms with Crippen LogP contribution in [0.5, 0.6) is 5.75 Å². The van der Waals surface area contributed by atoms with Crippen molar-refractivity contribution in [1.82, 2.24) is 10.6 Å². The predicted octanol–water partition coefficient (Wildman–Crippen LogP) is 2.89. The highest BCUT2D eigenvalue weighted by Crippen LogP contribution is 2.30. The van der Waals surface area contributed by atoms with Crippen LogP contribution >= 0.6 is 0 Å². The van der Waals surface area contributed by atoms with E-state index < -0.39 is 0 Å². The lowest BCUT2D eigenvalue weighted by atomic mass is 9.91. The molecule has 134 valence electrons. The summed E-state index contributed by atoms with van der Waals surface area (Å²) in [5.41, 5.74) is 2.46. The first-order valence-corrected chi connectivity index (χ1v) is 9.16. The van der Waals surface area contributed by atoms with Gasteiger partial charge in [-0.25, -0.2) is 0 Å². The Morgan fingerprint density at radius 2 is 1.88 bits per heavy atom. The van der Waals surface area contributed by atoms with E-state index in [-0.39, 0.29) is 18.7 Å². The highest BCUT2D eigenvalue weighted by Gasteiger charge is 2.35. The van der Waals surface area contributed by atoms with Gasteiger partial charge < -0.3 is 20.5 Å². The van der Waals surface area contributed by atoms with Crippen LogP contribution in [0.15, 0.2) is 54.6 Å². The fraction of sp³-hybridized carbons (Fsp3) is 0.429. The molecule has 0 bridgehead atoms. The molecule has 1 fully saturated rings.